The van der Waals surface area contributed by atoms with Crippen LogP contribution in [0.15, 0.2) is 12.3 Å². The lowest BCUT2D eigenvalue weighted by Crippen LogP contribution is -2.49. The molecule has 1 amide bonds. The van der Waals surface area contributed by atoms with Crippen LogP contribution >= 0.6 is 0 Å². The summed E-state index contributed by atoms with van der Waals surface area (Å²) >= 11 is 0. The quantitative estimate of drug-likeness (QED) is 0.219. The number of amides is 1. The molecule has 0 aliphatic carbocycles. The monoisotopic (exact) mass is 172 g/mol. The van der Waals surface area contributed by atoms with Gasteiger partial charge < -0.3 is 4.74 Å². The number of carbonyl (C=O) groups excluding carboxylic acids is 1. The van der Waals surface area contributed by atoms with Gasteiger partial charge in [0.1, 0.15) is 0 Å². The number of hydrazine groups is 1. The minimum Gasteiger partial charge on any atom is -0.504 e. The van der Waals surface area contributed by atoms with Gasteiger partial charge in [0, 0.05) is 6.08 Å². The van der Waals surface area contributed by atoms with Crippen LogP contribution in [0.3, 0.4) is 0 Å². The summed E-state index contributed by atoms with van der Waals surface area (Å²) in [6.07, 6.45) is 2.58. The summed E-state index contributed by atoms with van der Waals surface area (Å²) in [6, 6.07) is 0. The average molecular weight is 172 g/mol. The SMILES string of the molecule is COC=CC(=O)N(N)C(C)(C)C. The molecule has 0 aliphatic heterocycles. The summed E-state index contributed by atoms with van der Waals surface area (Å²) < 4.78 is 4.59. The highest BCUT2D eigenvalue weighted by Gasteiger charge is 2.21. The number of carbonyl (C=O) groups is 1. The fourth-order valence-electron chi connectivity index (χ4n) is 0.537. The second kappa shape index (κ2) is 4.11. The smallest absolute Gasteiger partial charge is 0.264 e. The molecule has 0 aromatic heterocycles. The maximum Gasteiger partial charge on any atom is 0.264 e. The molecule has 12 heavy (non-hydrogen) atoms. The number of ether oxygens (including phenoxy) is 1. The number of nitrogens with two attached hydrogens (primary N) is 1. The molecule has 0 spiro atoms. The topological polar surface area (TPSA) is 55.6 Å². The molecule has 0 atom stereocenters. The molecular weight excluding hydrogens is 156 g/mol. The third-order valence-electron chi connectivity index (χ3n) is 1.31. The van der Waals surface area contributed by atoms with Crippen LogP contribution < -0.4 is 5.84 Å². The lowest BCUT2D eigenvalue weighted by molar-refractivity contribution is -0.131. The summed E-state index contributed by atoms with van der Waals surface area (Å²) in [6.45, 7) is 5.56. The maximum atomic E-state index is 11.2. The minimum absolute atomic E-state index is 0.274. The van der Waals surface area contributed by atoms with Gasteiger partial charge in [-0.05, 0) is 20.8 Å². The molecular formula is C8H16N2O2. The van der Waals surface area contributed by atoms with Gasteiger partial charge in [0.25, 0.3) is 5.91 Å². The van der Waals surface area contributed by atoms with Gasteiger partial charge in [0.05, 0.1) is 18.9 Å². The Morgan fingerprint density at radius 1 is 1.50 bits per heavy atom. The molecule has 0 rings (SSSR count). The second-order valence-electron chi connectivity index (χ2n) is 3.42. The Kier molecular flexibility index (Phi) is 3.76. The van der Waals surface area contributed by atoms with Crippen molar-refractivity contribution in [3.05, 3.63) is 12.3 Å². The first-order chi connectivity index (χ1) is 5.39. The third kappa shape index (κ3) is 3.39. The van der Waals surface area contributed by atoms with Gasteiger partial charge in [-0.15, -0.1) is 0 Å². The highest BCUT2D eigenvalue weighted by molar-refractivity contribution is 5.87. The summed E-state index contributed by atoms with van der Waals surface area (Å²) in [7, 11) is 1.47. The van der Waals surface area contributed by atoms with E-state index in [4.69, 9.17) is 5.84 Å². The number of hydrogen-bond acceptors (Lipinski definition) is 3. The van der Waals surface area contributed by atoms with E-state index < -0.39 is 0 Å². The molecule has 0 aromatic carbocycles. The predicted octanol–water partition coefficient (Wildman–Crippen LogP) is 0.647. The van der Waals surface area contributed by atoms with Crippen molar-refractivity contribution in [2.45, 2.75) is 26.3 Å². The molecule has 2 N–H and O–H groups in total. The molecule has 0 heterocycles. The Labute approximate surface area is 72.9 Å². The molecule has 0 unspecified atom stereocenters. The third-order valence-corrected chi connectivity index (χ3v) is 1.31. The van der Waals surface area contributed by atoms with Crippen LogP contribution in [0.25, 0.3) is 0 Å². The fraction of sp³-hybridized carbons (Fsp3) is 0.625. The van der Waals surface area contributed by atoms with Crippen molar-refractivity contribution in [2.24, 2.45) is 5.84 Å². The molecule has 0 bridgehead atoms. The van der Waals surface area contributed by atoms with Crippen LogP contribution in [0.4, 0.5) is 0 Å². The van der Waals surface area contributed by atoms with Gasteiger partial charge in [-0.3, -0.25) is 9.80 Å². The predicted molar refractivity (Wildman–Crippen MR) is 46.9 cm³/mol. The van der Waals surface area contributed by atoms with Crippen LogP contribution in [0, 0.1) is 0 Å². The Bertz CT molecular complexity index is 182. The van der Waals surface area contributed by atoms with Crippen LogP contribution in [-0.2, 0) is 9.53 Å². The van der Waals surface area contributed by atoms with Crippen molar-refractivity contribution >= 4 is 5.91 Å². The Morgan fingerprint density at radius 3 is 2.33 bits per heavy atom. The van der Waals surface area contributed by atoms with Crippen molar-refractivity contribution in [3.8, 4) is 0 Å². The van der Waals surface area contributed by atoms with Crippen molar-refractivity contribution in [1.82, 2.24) is 5.01 Å². The van der Waals surface area contributed by atoms with E-state index in [1.165, 1.54) is 19.4 Å². The number of methoxy groups -OCH3 is 1. The van der Waals surface area contributed by atoms with E-state index >= 15 is 0 Å². The van der Waals surface area contributed by atoms with E-state index in [-0.39, 0.29) is 11.4 Å². The molecule has 0 radical (unpaired) electrons. The van der Waals surface area contributed by atoms with Crippen molar-refractivity contribution in [1.29, 1.82) is 0 Å². The summed E-state index contributed by atoms with van der Waals surface area (Å²) in [5, 5.41) is 1.16. The zero-order valence-corrected chi connectivity index (χ0v) is 8.00. The van der Waals surface area contributed by atoms with Gasteiger partial charge >= 0.3 is 0 Å². The largest absolute Gasteiger partial charge is 0.504 e. The zero-order valence-electron chi connectivity index (χ0n) is 8.00. The molecule has 0 aliphatic rings. The molecule has 4 heteroatoms. The zero-order chi connectivity index (χ0) is 9.78. The summed E-state index contributed by atoms with van der Waals surface area (Å²) in [5.41, 5.74) is -0.366. The van der Waals surface area contributed by atoms with E-state index in [9.17, 15) is 4.79 Å². The minimum atomic E-state index is -0.366. The van der Waals surface area contributed by atoms with Gasteiger partial charge in [0.15, 0.2) is 0 Å². The normalized spacial score (nSPS) is 11.8. The van der Waals surface area contributed by atoms with Gasteiger partial charge in [-0.1, -0.05) is 0 Å². The Hall–Kier alpha value is -1.03. The van der Waals surface area contributed by atoms with E-state index in [0.717, 1.165) is 5.01 Å². The molecule has 70 valence electrons. The molecule has 0 fully saturated rings. The van der Waals surface area contributed by atoms with E-state index in [0.29, 0.717) is 0 Å². The fourth-order valence-corrected chi connectivity index (χ4v) is 0.537. The van der Waals surface area contributed by atoms with Gasteiger partial charge in [0.2, 0.25) is 0 Å². The van der Waals surface area contributed by atoms with Crippen LogP contribution in [-0.4, -0.2) is 23.6 Å². The van der Waals surface area contributed by atoms with Crippen LogP contribution in [0.5, 0.6) is 0 Å². The van der Waals surface area contributed by atoms with E-state index in [2.05, 4.69) is 4.74 Å². The highest BCUT2D eigenvalue weighted by atomic mass is 16.5. The first-order valence-electron chi connectivity index (χ1n) is 3.68. The Balaban J connectivity index is 4.21. The lowest BCUT2D eigenvalue weighted by atomic mass is 10.1. The van der Waals surface area contributed by atoms with Crippen molar-refractivity contribution < 1.29 is 9.53 Å². The van der Waals surface area contributed by atoms with E-state index in [1.807, 2.05) is 20.8 Å². The molecule has 0 aromatic rings. The second-order valence-corrected chi connectivity index (χ2v) is 3.42. The number of rotatable bonds is 2. The summed E-state index contributed by atoms with van der Waals surface area (Å²) in [4.78, 5) is 11.2. The summed E-state index contributed by atoms with van der Waals surface area (Å²) in [5.74, 6) is 5.24. The van der Waals surface area contributed by atoms with Crippen LogP contribution in [0.2, 0.25) is 0 Å². The standard InChI is InChI=1S/C8H16N2O2/c1-8(2,3)10(9)7(11)5-6-12-4/h5-6H,9H2,1-4H3. The maximum absolute atomic E-state index is 11.2. The van der Waals surface area contributed by atoms with Gasteiger partial charge in [-0.25, -0.2) is 5.84 Å². The van der Waals surface area contributed by atoms with Crippen molar-refractivity contribution in [2.75, 3.05) is 7.11 Å². The number of hydrogen-bond donors (Lipinski definition) is 1. The van der Waals surface area contributed by atoms with E-state index in [1.54, 1.807) is 0 Å². The molecule has 0 saturated carbocycles. The molecule has 4 nitrogen and oxygen atoms in total. The lowest BCUT2D eigenvalue weighted by Gasteiger charge is -2.29. The first-order valence-corrected chi connectivity index (χ1v) is 3.68. The first kappa shape index (κ1) is 11.0. The Morgan fingerprint density at radius 2 is 2.00 bits per heavy atom. The average Bonchev–Trinajstić information content (AvgIpc) is 1.97. The highest BCUT2D eigenvalue weighted by Crippen LogP contribution is 2.08. The van der Waals surface area contributed by atoms with Gasteiger partial charge in [-0.2, -0.15) is 0 Å². The molecule has 0 saturated heterocycles. The number of nitrogens with zero attached hydrogens (tertiary/aromatic N) is 1. The van der Waals surface area contributed by atoms with Crippen molar-refractivity contribution in [3.63, 3.8) is 0 Å². The van der Waals surface area contributed by atoms with Crippen LogP contribution in [0.1, 0.15) is 20.8 Å².